The van der Waals surface area contributed by atoms with E-state index in [1.54, 1.807) is 0 Å². The quantitative estimate of drug-likeness (QED) is 0.638. The van der Waals surface area contributed by atoms with Crippen LogP contribution in [-0.4, -0.2) is 30.9 Å². The third kappa shape index (κ3) is 5.52. The van der Waals surface area contributed by atoms with Gasteiger partial charge in [-0.25, -0.2) is 0 Å². The minimum absolute atomic E-state index is 0.0541. The van der Waals surface area contributed by atoms with Crippen molar-refractivity contribution >= 4 is 17.5 Å². The van der Waals surface area contributed by atoms with Crippen molar-refractivity contribution in [3.8, 4) is 0 Å². The van der Waals surface area contributed by atoms with Crippen LogP contribution >= 0.6 is 0 Å². The number of amides is 2. The molecule has 1 aliphatic rings. The van der Waals surface area contributed by atoms with Crippen LogP contribution in [0.4, 0.5) is 5.69 Å². The third-order valence-corrected chi connectivity index (χ3v) is 2.81. The van der Waals surface area contributed by atoms with E-state index >= 15 is 0 Å². The Kier molecular flexibility index (Phi) is 4.92. The highest BCUT2D eigenvalue weighted by atomic mass is 16.2. The molecule has 0 unspecified atom stereocenters. The molecule has 2 rings (SSSR count). The van der Waals surface area contributed by atoms with Gasteiger partial charge >= 0.3 is 0 Å². The molecule has 0 bridgehead atoms. The minimum Gasteiger partial charge on any atom is -0.353 e. The molecular weight excluding hydrogens is 242 g/mol. The number of hydrogen-bond donors (Lipinski definition) is 3. The molecule has 0 saturated heterocycles. The topological polar surface area (TPSA) is 70.2 Å². The highest BCUT2D eigenvalue weighted by Crippen LogP contribution is 2.18. The van der Waals surface area contributed by atoms with Crippen molar-refractivity contribution in [1.29, 1.82) is 0 Å². The van der Waals surface area contributed by atoms with Gasteiger partial charge < -0.3 is 16.0 Å². The molecule has 1 saturated carbocycles. The number of carbonyl (C=O) groups excluding carboxylic acids is 2. The zero-order valence-electron chi connectivity index (χ0n) is 10.8. The van der Waals surface area contributed by atoms with Gasteiger partial charge in [0.25, 0.3) is 0 Å². The zero-order valence-corrected chi connectivity index (χ0v) is 10.8. The summed E-state index contributed by atoms with van der Waals surface area (Å²) < 4.78 is 0. The molecule has 19 heavy (non-hydrogen) atoms. The van der Waals surface area contributed by atoms with E-state index in [9.17, 15) is 9.59 Å². The molecule has 0 radical (unpaired) electrons. The largest absolute Gasteiger partial charge is 0.353 e. The van der Waals surface area contributed by atoms with E-state index in [1.807, 2.05) is 30.3 Å². The summed E-state index contributed by atoms with van der Waals surface area (Å²) in [6.45, 7) is 0.729. The van der Waals surface area contributed by atoms with E-state index in [1.165, 1.54) is 0 Å². The molecule has 1 fully saturated rings. The first-order chi connectivity index (χ1) is 9.24. The Labute approximate surface area is 112 Å². The summed E-state index contributed by atoms with van der Waals surface area (Å²) in [4.78, 5) is 22.9. The van der Waals surface area contributed by atoms with Gasteiger partial charge in [0.2, 0.25) is 11.8 Å². The lowest BCUT2D eigenvalue weighted by Gasteiger charge is -2.07. The van der Waals surface area contributed by atoms with E-state index in [-0.39, 0.29) is 18.4 Å². The van der Waals surface area contributed by atoms with Crippen molar-refractivity contribution in [2.24, 2.45) is 0 Å². The Bertz CT molecular complexity index is 430. The molecule has 102 valence electrons. The van der Waals surface area contributed by atoms with Crippen molar-refractivity contribution in [2.45, 2.75) is 25.3 Å². The predicted molar refractivity (Wildman–Crippen MR) is 73.7 cm³/mol. The van der Waals surface area contributed by atoms with Crippen LogP contribution in [0.2, 0.25) is 0 Å². The van der Waals surface area contributed by atoms with E-state index in [2.05, 4.69) is 16.0 Å². The average Bonchev–Trinajstić information content (AvgIpc) is 3.20. The van der Waals surface area contributed by atoms with E-state index in [0.717, 1.165) is 18.5 Å². The second kappa shape index (κ2) is 6.89. The van der Waals surface area contributed by atoms with Crippen molar-refractivity contribution in [3.63, 3.8) is 0 Å². The normalized spacial score (nSPS) is 13.9. The van der Waals surface area contributed by atoms with E-state index < -0.39 is 0 Å². The molecule has 0 spiro atoms. The molecule has 0 heterocycles. The fourth-order valence-corrected chi connectivity index (χ4v) is 1.66. The third-order valence-electron chi connectivity index (χ3n) is 2.81. The molecule has 2 amide bonds. The molecule has 0 aromatic heterocycles. The van der Waals surface area contributed by atoms with Crippen LogP contribution in [-0.2, 0) is 9.59 Å². The SMILES string of the molecule is O=C(CNCCC(=O)NC1CC1)Nc1ccccc1. The number of benzene rings is 1. The van der Waals surface area contributed by atoms with Crippen LogP contribution < -0.4 is 16.0 Å². The number of anilines is 1. The van der Waals surface area contributed by atoms with Gasteiger partial charge in [-0.15, -0.1) is 0 Å². The molecule has 1 aromatic carbocycles. The summed E-state index contributed by atoms with van der Waals surface area (Å²) in [6, 6.07) is 9.69. The monoisotopic (exact) mass is 261 g/mol. The van der Waals surface area contributed by atoms with Crippen LogP contribution in [0.5, 0.6) is 0 Å². The van der Waals surface area contributed by atoms with Crippen molar-refractivity contribution in [3.05, 3.63) is 30.3 Å². The molecule has 5 nitrogen and oxygen atoms in total. The number of para-hydroxylation sites is 1. The van der Waals surface area contributed by atoms with Crippen molar-refractivity contribution in [1.82, 2.24) is 10.6 Å². The predicted octanol–water partition coefficient (Wildman–Crippen LogP) is 0.883. The molecule has 1 aromatic rings. The lowest BCUT2D eigenvalue weighted by Crippen LogP contribution is -2.32. The van der Waals surface area contributed by atoms with Crippen LogP contribution in [0.1, 0.15) is 19.3 Å². The fourth-order valence-electron chi connectivity index (χ4n) is 1.66. The average molecular weight is 261 g/mol. The molecule has 3 N–H and O–H groups in total. The van der Waals surface area contributed by atoms with Gasteiger partial charge in [0, 0.05) is 24.7 Å². The van der Waals surface area contributed by atoms with Crippen LogP contribution in [0.3, 0.4) is 0 Å². The van der Waals surface area contributed by atoms with Crippen LogP contribution in [0, 0.1) is 0 Å². The molecule has 5 heteroatoms. The van der Waals surface area contributed by atoms with Gasteiger partial charge in [0.05, 0.1) is 6.54 Å². The molecule has 0 aliphatic heterocycles. The Morgan fingerprint density at radius 1 is 1.11 bits per heavy atom. The summed E-state index contributed by atoms with van der Waals surface area (Å²) in [7, 11) is 0. The summed E-state index contributed by atoms with van der Waals surface area (Å²) in [5.74, 6) is -0.0488. The standard InChI is InChI=1S/C14H19N3O2/c18-13(16-12-6-7-12)8-9-15-10-14(19)17-11-4-2-1-3-5-11/h1-5,12,15H,6-10H2,(H,16,18)(H,17,19). The van der Waals surface area contributed by atoms with Gasteiger partial charge in [0.1, 0.15) is 0 Å². The first-order valence-corrected chi connectivity index (χ1v) is 6.59. The number of hydrogen-bond acceptors (Lipinski definition) is 3. The minimum atomic E-state index is -0.103. The number of carbonyl (C=O) groups is 2. The van der Waals surface area contributed by atoms with Gasteiger partial charge in [-0.1, -0.05) is 18.2 Å². The van der Waals surface area contributed by atoms with Gasteiger partial charge in [-0.2, -0.15) is 0 Å². The Morgan fingerprint density at radius 3 is 2.53 bits per heavy atom. The Balaban J connectivity index is 1.55. The van der Waals surface area contributed by atoms with E-state index in [4.69, 9.17) is 0 Å². The van der Waals surface area contributed by atoms with E-state index in [0.29, 0.717) is 19.0 Å². The van der Waals surface area contributed by atoms with Crippen molar-refractivity contribution in [2.75, 3.05) is 18.4 Å². The molecule has 1 aliphatic carbocycles. The van der Waals surface area contributed by atoms with Gasteiger partial charge in [-0.3, -0.25) is 9.59 Å². The number of nitrogens with one attached hydrogen (secondary N) is 3. The first kappa shape index (κ1) is 13.5. The lowest BCUT2D eigenvalue weighted by atomic mass is 10.3. The zero-order chi connectivity index (χ0) is 13.5. The second-order valence-electron chi connectivity index (χ2n) is 4.68. The number of rotatable bonds is 7. The smallest absolute Gasteiger partial charge is 0.238 e. The van der Waals surface area contributed by atoms with Gasteiger partial charge in [-0.05, 0) is 25.0 Å². The highest BCUT2D eigenvalue weighted by Gasteiger charge is 2.22. The van der Waals surface area contributed by atoms with Gasteiger partial charge in [0.15, 0.2) is 0 Å². The maximum atomic E-state index is 11.6. The Hall–Kier alpha value is -1.88. The second-order valence-corrected chi connectivity index (χ2v) is 4.68. The fraction of sp³-hybridized carbons (Fsp3) is 0.429. The van der Waals surface area contributed by atoms with Crippen LogP contribution in [0.25, 0.3) is 0 Å². The van der Waals surface area contributed by atoms with Crippen molar-refractivity contribution < 1.29 is 9.59 Å². The summed E-state index contributed by atoms with van der Waals surface area (Å²) in [5, 5.41) is 8.63. The lowest BCUT2D eigenvalue weighted by molar-refractivity contribution is -0.121. The maximum Gasteiger partial charge on any atom is 0.238 e. The maximum absolute atomic E-state index is 11.6. The first-order valence-electron chi connectivity index (χ1n) is 6.59. The Morgan fingerprint density at radius 2 is 1.84 bits per heavy atom. The molecular formula is C14H19N3O2. The summed E-state index contributed by atoms with van der Waals surface area (Å²) >= 11 is 0. The van der Waals surface area contributed by atoms with Crippen LogP contribution in [0.15, 0.2) is 30.3 Å². The summed E-state index contributed by atoms with van der Waals surface area (Å²) in [5.41, 5.74) is 0.778. The molecule has 0 atom stereocenters. The summed E-state index contributed by atoms with van der Waals surface area (Å²) in [6.07, 6.45) is 2.60. The highest BCUT2D eigenvalue weighted by molar-refractivity contribution is 5.92.